The highest BCUT2D eigenvalue weighted by molar-refractivity contribution is 5.95. The van der Waals surface area contributed by atoms with E-state index in [1.165, 1.54) is 32.1 Å². The number of piperidine rings is 2. The molecule has 2 aliphatic heterocycles. The van der Waals surface area contributed by atoms with Crippen LogP contribution in [0.2, 0.25) is 0 Å². The van der Waals surface area contributed by atoms with Crippen molar-refractivity contribution in [1.82, 2.24) is 20.1 Å². The number of amides is 1. The van der Waals surface area contributed by atoms with Crippen LogP contribution in [0.25, 0.3) is 0 Å². The van der Waals surface area contributed by atoms with Gasteiger partial charge in [-0.1, -0.05) is 19.3 Å². The molecule has 3 heterocycles. The number of aromatic nitrogens is 1. The van der Waals surface area contributed by atoms with Crippen molar-refractivity contribution in [2.75, 3.05) is 32.7 Å². The second-order valence-corrected chi connectivity index (χ2v) is 9.71. The Bertz CT molecular complexity index is 796. The lowest BCUT2D eigenvalue weighted by molar-refractivity contribution is 0.0641. The highest BCUT2D eigenvalue weighted by Crippen LogP contribution is 2.36. The topological polar surface area (TPSA) is 66.4 Å². The van der Waals surface area contributed by atoms with Crippen molar-refractivity contribution in [2.24, 2.45) is 5.92 Å². The summed E-state index contributed by atoms with van der Waals surface area (Å²) in [6.07, 6.45) is 12.7. The number of hydrogen-bond donors (Lipinski definition) is 2. The summed E-state index contributed by atoms with van der Waals surface area (Å²) in [5, 5.41) is 6.60. The smallest absolute Gasteiger partial charge is 0.263 e. The minimum Gasteiger partial charge on any atom is -0.350 e. The Morgan fingerprint density at radius 1 is 1.12 bits per heavy atom. The number of halogens is 2. The van der Waals surface area contributed by atoms with Gasteiger partial charge >= 0.3 is 0 Å². The summed E-state index contributed by atoms with van der Waals surface area (Å²) in [7, 11) is 0. The van der Waals surface area contributed by atoms with Gasteiger partial charge in [-0.25, -0.2) is 0 Å². The maximum atomic E-state index is 13.2. The standard InChI is InChI=1S/C24H38N4O2.2ClH/c1-19-9-15-27(17-20-8-7-12-25-16-20)23(30)21(19)22(29)26-18-24(10-3-4-11-24)28-13-5-2-6-14-28;;/h9,15,20,25H,2-8,10-14,16-18H2,1H3,(H,26,29);2*1H. The van der Waals surface area contributed by atoms with Crippen LogP contribution >= 0.6 is 24.8 Å². The fraction of sp³-hybridized carbons (Fsp3) is 0.750. The van der Waals surface area contributed by atoms with Gasteiger partial charge in [0.25, 0.3) is 11.5 Å². The van der Waals surface area contributed by atoms with Crippen LogP contribution in [0.3, 0.4) is 0 Å². The third-order valence-corrected chi connectivity index (χ3v) is 7.59. The molecule has 4 rings (SSSR count). The number of hydrogen-bond acceptors (Lipinski definition) is 4. The molecule has 1 aromatic rings. The molecule has 1 saturated carbocycles. The average Bonchev–Trinajstić information content (AvgIpc) is 3.26. The summed E-state index contributed by atoms with van der Waals surface area (Å²) >= 11 is 0. The number of carbonyl (C=O) groups excluding carboxylic acids is 1. The quantitative estimate of drug-likeness (QED) is 0.645. The van der Waals surface area contributed by atoms with Gasteiger partial charge in [-0.05, 0) is 89.2 Å². The van der Waals surface area contributed by atoms with Crippen LogP contribution < -0.4 is 16.2 Å². The molecule has 6 nitrogen and oxygen atoms in total. The first kappa shape index (κ1) is 27.2. The molecule has 1 aromatic heterocycles. The molecule has 3 fully saturated rings. The molecule has 0 radical (unpaired) electrons. The van der Waals surface area contributed by atoms with Gasteiger partial charge in [-0.3, -0.25) is 14.5 Å². The van der Waals surface area contributed by atoms with Crippen LogP contribution in [0.1, 0.15) is 73.7 Å². The van der Waals surface area contributed by atoms with E-state index in [4.69, 9.17) is 0 Å². The molecule has 0 aromatic carbocycles. The summed E-state index contributed by atoms with van der Waals surface area (Å²) in [4.78, 5) is 28.9. The Morgan fingerprint density at radius 2 is 1.84 bits per heavy atom. The van der Waals surface area contributed by atoms with Gasteiger partial charge in [0.2, 0.25) is 0 Å². The molecule has 2 saturated heterocycles. The van der Waals surface area contributed by atoms with Crippen LogP contribution in [0.4, 0.5) is 0 Å². The molecule has 8 heteroatoms. The molecule has 1 unspecified atom stereocenters. The van der Waals surface area contributed by atoms with Crippen molar-refractivity contribution in [1.29, 1.82) is 0 Å². The number of pyridine rings is 1. The van der Waals surface area contributed by atoms with Gasteiger partial charge < -0.3 is 15.2 Å². The summed E-state index contributed by atoms with van der Waals surface area (Å²) < 4.78 is 1.75. The summed E-state index contributed by atoms with van der Waals surface area (Å²) in [5.41, 5.74) is 1.05. The monoisotopic (exact) mass is 486 g/mol. The largest absolute Gasteiger partial charge is 0.350 e. The second-order valence-electron chi connectivity index (χ2n) is 9.71. The summed E-state index contributed by atoms with van der Waals surface area (Å²) in [6.45, 7) is 7.51. The van der Waals surface area contributed by atoms with Gasteiger partial charge in [0, 0.05) is 24.8 Å². The van der Waals surface area contributed by atoms with Gasteiger partial charge in [-0.15, -0.1) is 24.8 Å². The van der Waals surface area contributed by atoms with Crippen LogP contribution in [0.5, 0.6) is 0 Å². The Morgan fingerprint density at radius 3 is 2.50 bits per heavy atom. The summed E-state index contributed by atoms with van der Waals surface area (Å²) in [6, 6.07) is 1.92. The number of nitrogens with one attached hydrogen (secondary N) is 2. The maximum Gasteiger partial charge on any atom is 0.263 e. The van der Waals surface area contributed by atoms with E-state index in [-0.39, 0.29) is 41.8 Å². The zero-order valence-corrected chi connectivity index (χ0v) is 21.0. The molecule has 3 aliphatic rings. The number of aryl methyl sites for hydroxylation is 1. The normalized spacial score (nSPS) is 23.1. The fourth-order valence-corrected chi connectivity index (χ4v) is 5.78. The van der Waals surface area contributed by atoms with E-state index < -0.39 is 0 Å². The van der Waals surface area contributed by atoms with E-state index >= 15 is 0 Å². The number of carbonyl (C=O) groups is 1. The fourth-order valence-electron chi connectivity index (χ4n) is 5.78. The second kappa shape index (κ2) is 12.4. The van der Waals surface area contributed by atoms with E-state index in [2.05, 4.69) is 15.5 Å². The van der Waals surface area contributed by atoms with E-state index in [1.54, 1.807) is 4.57 Å². The first-order valence-electron chi connectivity index (χ1n) is 12.0. The Balaban J connectivity index is 0.00000181. The van der Waals surface area contributed by atoms with Crippen LogP contribution in [0, 0.1) is 12.8 Å². The molecule has 0 bridgehead atoms. The highest BCUT2D eigenvalue weighted by atomic mass is 35.5. The maximum absolute atomic E-state index is 13.2. The predicted octanol–water partition coefficient (Wildman–Crippen LogP) is 3.53. The van der Waals surface area contributed by atoms with E-state index in [1.807, 2.05) is 19.2 Å². The SMILES string of the molecule is Cc1ccn(CC2CCCNC2)c(=O)c1C(=O)NCC1(N2CCCCC2)CCCC1.Cl.Cl. The van der Waals surface area contributed by atoms with Crippen molar-refractivity contribution in [3.8, 4) is 0 Å². The van der Waals surface area contributed by atoms with Gasteiger partial charge in [0.15, 0.2) is 0 Å². The lowest BCUT2D eigenvalue weighted by Gasteiger charge is -2.43. The van der Waals surface area contributed by atoms with Crippen molar-refractivity contribution >= 4 is 30.7 Å². The zero-order valence-electron chi connectivity index (χ0n) is 19.4. The first-order valence-corrected chi connectivity index (χ1v) is 12.0. The summed E-state index contributed by atoms with van der Waals surface area (Å²) in [5.74, 6) is 0.257. The predicted molar refractivity (Wildman–Crippen MR) is 134 cm³/mol. The Hall–Kier alpha value is -1.08. The van der Waals surface area contributed by atoms with E-state index in [0.717, 1.165) is 57.4 Å². The number of rotatable bonds is 6. The molecular formula is C24H40Cl2N4O2. The van der Waals surface area contributed by atoms with Crippen LogP contribution in [0.15, 0.2) is 17.1 Å². The molecule has 1 atom stereocenters. The number of nitrogens with zero attached hydrogens (tertiary/aromatic N) is 2. The molecule has 182 valence electrons. The lowest BCUT2D eigenvalue weighted by atomic mass is 9.92. The Labute approximate surface area is 204 Å². The van der Waals surface area contributed by atoms with E-state index in [0.29, 0.717) is 24.6 Å². The zero-order chi connectivity index (χ0) is 21.0. The van der Waals surface area contributed by atoms with Gasteiger partial charge in [-0.2, -0.15) is 0 Å². The molecule has 1 amide bonds. The van der Waals surface area contributed by atoms with Gasteiger partial charge in [0.05, 0.1) is 0 Å². The highest BCUT2D eigenvalue weighted by Gasteiger charge is 2.40. The minimum atomic E-state index is -0.197. The van der Waals surface area contributed by atoms with Crippen LogP contribution in [-0.2, 0) is 6.54 Å². The minimum absolute atomic E-state index is 0. The van der Waals surface area contributed by atoms with Crippen molar-refractivity contribution < 1.29 is 4.79 Å². The van der Waals surface area contributed by atoms with Crippen molar-refractivity contribution in [3.05, 3.63) is 33.7 Å². The lowest BCUT2D eigenvalue weighted by Crippen LogP contribution is -2.56. The molecular weight excluding hydrogens is 447 g/mol. The Kier molecular flexibility index (Phi) is 10.5. The van der Waals surface area contributed by atoms with E-state index in [9.17, 15) is 9.59 Å². The third kappa shape index (κ3) is 6.07. The average molecular weight is 488 g/mol. The van der Waals surface area contributed by atoms with Gasteiger partial charge in [0.1, 0.15) is 5.56 Å². The molecule has 2 N–H and O–H groups in total. The van der Waals surface area contributed by atoms with Crippen molar-refractivity contribution in [2.45, 2.75) is 76.8 Å². The first-order chi connectivity index (χ1) is 14.6. The number of likely N-dealkylation sites (tertiary alicyclic amines) is 1. The molecule has 32 heavy (non-hydrogen) atoms. The molecule has 0 spiro atoms. The molecule has 1 aliphatic carbocycles. The third-order valence-electron chi connectivity index (χ3n) is 7.59. The van der Waals surface area contributed by atoms with Crippen LogP contribution in [-0.4, -0.2) is 53.6 Å². The van der Waals surface area contributed by atoms with Crippen molar-refractivity contribution in [3.63, 3.8) is 0 Å².